The number of hydrogen-bond donors (Lipinski definition) is 0. The van der Waals surface area contributed by atoms with Crippen LogP contribution in [-0.4, -0.2) is 40.7 Å². The van der Waals surface area contributed by atoms with E-state index in [2.05, 4.69) is 4.90 Å². The first-order valence-electron chi connectivity index (χ1n) is 7.68. The van der Waals surface area contributed by atoms with Gasteiger partial charge in [0.05, 0.1) is 0 Å². The number of piperidine rings is 1. The van der Waals surface area contributed by atoms with Gasteiger partial charge in [0.15, 0.2) is 0 Å². The van der Waals surface area contributed by atoms with Gasteiger partial charge in [-0.1, -0.05) is 0 Å². The Morgan fingerprint density at radius 3 is 2.74 bits per heavy atom. The van der Waals surface area contributed by atoms with E-state index >= 15 is 0 Å². The second-order valence-electron chi connectivity index (χ2n) is 6.12. The first-order chi connectivity index (χ1) is 9.27. The third kappa shape index (κ3) is 2.69. The maximum Gasteiger partial charge on any atom is 0.226 e. The standard InChI is InChI=1S/C15H23NO2S/c17-14-6-3-4-12(14)13-5-1-2-8-16(13)15(18)11-7-9-19-10-11/h11-13H,1-10H2. The molecule has 3 unspecified atom stereocenters. The van der Waals surface area contributed by atoms with E-state index < -0.39 is 0 Å². The summed E-state index contributed by atoms with van der Waals surface area (Å²) in [7, 11) is 0. The van der Waals surface area contributed by atoms with Crippen LogP contribution in [0, 0.1) is 11.8 Å². The molecule has 0 aromatic heterocycles. The first-order valence-corrected chi connectivity index (χ1v) is 8.84. The molecular formula is C15H23NO2S. The van der Waals surface area contributed by atoms with Crippen LogP contribution < -0.4 is 0 Å². The fraction of sp³-hybridized carbons (Fsp3) is 0.867. The van der Waals surface area contributed by atoms with E-state index in [1.54, 1.807) is 0 Å². The number of rotatable bonds is 2. The fourth-order valence-corrected chi connectivity index (χ4v) is 5.07. The highest BCUT2D eigenvalue weighted by atomic mass is 32.2. The normalized spacial score (nSPS) is 35.9. The van der Waals surface area contributed by atoms with Crippen molar-refractivity contribution >= 4 is 23.5 Å². The summed E-state index contributed by atoms with van der Waals surface area (Å²) >= 11 is 1.89. The van der Waals surface area contributed by atoms with E-state index in [0.29, 0.717) is 11.7 Å². The topological polar surface area (TPSA) is 37.4 Å². The Morgan fingerprint density at radius 2 is 2.05 bits per heavy atom. The van der Waals surface area contributed by atoms with Crippen LogP contribution in [0.15, 0.2) is 0 Å². The summed E-state index contributed by atoms with van der Waals surface area (Å²) in [4.78, 5) is 26.8. The lowest BCUT2D eigenvalue weighted by Crippen LogP contribution is -2.50. The third-order valence-corrected chi connectivity index (χ3v) is 6.09. The molecule has 0 spiro atoms. The van der Waals surface area contributed by atoms with Crippen LogP contribution in [0.2, 0.25) is 0 Å². The van der Waals surface area contributed by atoms with Crippen LogP contribution in [0.1, 0.15) is 44.9 Å². The number of likely N-dealkylation sites (tertiary alicyclic amines) is 1. The molecule has 2 heterocycles. The maximum atomic E-state index is 12.7. The molecule has 2 saturated heterocycles. The Labute approximate surface area is 119 Å². The summed E-state index contributed by atoms with van der Waals surface area (Å²) < 4.78 is 0. The molecule has 0 aromatic rings. The predicted molar refractivity (Wildman–Crippen MR) is 77.1 cm³/mol. The number of carbonyl (C=O) groups is 2. The van der Waals surface area contributed by atoms with Crippen molar-refractivity contribution in [2.45, 2.75) is 51.0 Å². The maximum absolute atomic E-state index is 12.7. The molecule has 4 heteroatoms. The Kier molecular flexibility index (Phi) is 4.15. The highest BCUT2D eigenvalue weighted by Crippen LogP contribution is 2.35. The number of hydrogen-bond acceptors (Lipinski definition) is 3. The molecule has 0 aromatic carbocycles. The molecule has 3 nitrogen and oxygen atoms in total. The van der Waals surface area contributed by atoms with E-state index in [1.165, 1.54) is 6.42 Å². The van der Waals surface area contributed by atoms with E-state index in [-0.39, 0.29) is 17.9 Å². The largest absolute Gasteiger partial charge is 0.339 e. The average molecular weight is 281 g/mol. The van der Waals surface area contributed by atoms with Gasteiger partial charge in [0.2, 0.25) is 5.91 Å². The number of Topliss-reactive ketones (excluding diaryl/α,β-unsaturated/α-hetero) is 1. The minimum atomic E-state index is 0.151. The van der Waals surface area contributed by atoms with Gasteiger partial charge in [-0.05, 0) is 44.3 Å². The van der Waals surface area contributed by atoms with Crippen molar-refractivity contribution in [3.8, 4) is 0 Å². The Balaban J connectivity index is 1.72. The van der Waals surface area contributed by atoms with Gasteiger partial charge < -0.3 is 4.90 Å². The molecule has 106 valence electrons. The van der Waals surface area contributed by atoms with Gasteiger partial charge in [-0.25, -0.2) is 0 Å². The summed E-state index contributed by atoms with van der Waals surface area (Å²) in [5.74, 6) is 3.23. The van der Waals surface area contributed by atoms with Crippen molar-refractivity contribution in [2.24, 2.45) is 11.8 Å². The van der Waals surface area contributed by atoms with Crippen LogP contribution in [0.25, 0.3) is 0 Å². The van der Waals surface area contributed by atoms with Crippen molar-refractivity contribution in [1.29, 1.82) is 0 Å². The summed E-state index contributed by atoms with van der Waals surface area (Å²) in [6, 6.07) is 0.224. The zero-order valence-electron chi connectivity index (χ0n) is 11.5. The third-order valence-electron chi connectivity index (χ3n) is 4.93. The lowest BCUT2D eigenvalue weighted by molar-refractivity contribution is -0.141. The Hall–Kier alpha value is -0.510. The van der Waals surface area contributed by atoms with Gasteiger partial charge in [-0.2, -0.15) is 11.8 Å². The highest BCUT2D eigenvalue weighted by molar-refractivity contribution is 7.99. The molecule has 3 atom stereocenters. The number of ketones is 1. The SMILES string of the molecule is O=C1CCCC1C1CCCCN1C(=O)C1CCSC1. The molecule has 0 bridgehead atoms. The van der Waals surface area contributed by atoms with Crippen molar-refractivity contribution < 1.29 is 9.59 Å². The number of amides is 1. The van der Waals surface area contributed by atoms with Gasteiger partial charge >= 0.3 is 0 Å². The van der Waals surface area contributed by atoms with Crippen molar-refractivity contribution in [1.82, 2.24) is 4.90 Å². The van der Waals surface area contributed by atoms with E-state index in [9.17, 15) is 9.59 Å². The van der Waals surface area contributed by atoms with Crippen LogP contribution in [0.5, 0.6) is 0 Å². The zero-order valence-corrected chi connectivity index (χ0v) is 12.3. The number of nitrogens with zero attached hydrogens (tertiary/aromatic N) is 1. The number of thioether (sulfide) groups is 1. The van der Waals surface area contributed by atoms with E-state index in [0.717, 1.165) is 56.6 Å². The summed E-state index contributed by atoms with van der Waals surface area (Å²) in [6.07, 6.45) is 7.14. The number of carbonyl (C=O) groups excluding carboxylic acids is 2. The second kappa shape index (κ2) is 5.86. The molecule has 19 heavy (non-hydrogen) atoms. The smallest absolute Gasteiger partial charge is 0.226 e. The minimum absolute atomic E-state index is 0.151. The van der Waals surface area contributed by atoms with Gasteiger partial charge in [0.25, 0.3) is 0 Å². The molecule has 3 aliphatic rings. The van der Waals surface area contributed by atoms with Crippen LogP contribution in [-0.2, 0) is 9.59 Å². The lowest BCUT2D eigenvalue weighted by atomic mass is 9.87. The molecule has 0 radical (unpaired) electrons. The van der Waals surface area contributed by atoms with Gasteiger partial charge in [-0.15, -0.1) is 0 Å². The van der Waals surface area contributed by atoms with Gasteiger partial charge in [0, 0.05) is 36.6 Å². The van der Waals surface area contributed by atoms with Crippen molar-refractivity contribution in [3.63, 3.8) is 0 Å². The lowest BCUT2D eigenvalue weighted by Gasteiger charge is -2.40. The molecule has 3 rings (SSSR count). The Bertz CT molecular complexity index is 365. The monoisotopic (exact) mass is 281 g/mol. The van der Waals surface area contributed by atoms with E-state index in [4.69, 9.17) is 0 Å². The summed E-state index contributed by atoms with van der Waals surface area (Å²) in [6.45, 7) is 0.883. The first kappa shape index (κ1) is 13.5. The summed E-state index contributed by atoms with van der Waals surface area (Å²) in [5, 5.41) is 0. The average Bonchev–Trinajstić information content (AvgIpc) is 3.09. The van der Waals surface area contributed by atoms with E-state index in [1.807, 2.05) is 11.8 Å². The molecule has 0 N–H and O–H groups in total. The molecule has 1 saturated carbocycles. The predicted octanol–water partition coefficient (Wildman–Crippen LogP) is 2.49. The second-order valence-corrected chi connectivity index (χ2v) is 7.27. The van der Waals surface area contributed by atoms with Crippen LogP contribution in [0.4, 0.5) is 0 Å². The zero-order chi connectivity index (χ0) is 13.2. The van der Waals surface area contributed by atoms with Crippen LogP contribution in [0.3, 0.4) is 0 Å². The quantitative estimate of drug-likeness (QED) is 0.780. The molecule has 1 amide bonds. The van der Waals surface area contributed by atoms with Crippen molar-refractivity contribution in [2.75, 3.05) is 18.1 Å². The van der Waals surface area contributed by atoms with Gasteiger partial charge in [0.1, 0.15) is 5.78 Å². The molecule has 3 fully saturated rings. The highest BCUT2D eigenvalue weighted by Gasteiger charge is 2.40. The van der Waals surface area contributed by atoms with Crippen LogP contribution >= 0.6 is 11.8 Å². The summed E-state index contributed by atoms with van der Waals surface area (Å²) in [5.41, 5.74) is 0. The minimum Gasteiger partial charge on any atom is -0.339 e. The molecular weight excluding hydrogens is 258 g/mol. The van der Waals surface area contributed by atoms with Gasteiger partial charge in [-0.3, -0.25) is 9.59 Å². The molecule has 2 aliphatic heterocycles. The molecule has 1 aliphatic carbocycles. The fourth-order valence-electron chi connectivity index (χ4n) is 3.86. The Morgan fingerprint density at radius 1 is 1.16 bits per heavy atom. The van der Waals surface area contributed by atoms with Crippen molar-refractivity contribution in [3.05, 3.63) is 0 Å².